The normalized spacial score (nSPS) is 11.4. The van der Waals surface area contributed by atoms with Gasteiger partial charge in [0.25, 0.3) is 0 Å². The fourth-order valence-electron chi connectivity index (χ4n) is 1.80. The second kappa shape index (κ2) is 7.84. The van der Waals surface area contributed by atoms with Crippen molar-refractivity contribution >= 4 is 6.03 Å². The van der Waals surface area contributed by atoms with Crippen LogP contribution in [0, 0.1) is 5.41 Å². The molecule has 0 aliphatic heterocycles. The first-order valence-corrected chi connectivity index (χ1v) is 6.98. The van der Waals surface area contributed by atoms with Crippen LogP contribution in [0.3, 0.4) is 0 Å². The lowest BCUT2D eigenvalue weighted by molar-refractivity contribution is 0.201. The number of nitrogens with one attached hydrogen (secondary N) is 2. The van der Waals surface area contributed by atoms with E-state index in [1.807, 2.05) is 25.3 Å². The predicted molar refractivity (Wildman–Crippen MR) is 76.3 cm³/mol. The Morgan fingerprint density at radius 3 is 2.85 bits per heavy atom. The van der Waals surface area contributed by atoms with Crippen LogP contribution in [0.1, 0.15) is 33.0 Å². The lowest BCUT2D eigenvalue weighted by Crippen LogP contribution is -2.42. The molecule has 114 valence electrons. The number of rotatable bonds is 8. The molecule has 0 saturated carbocycles. The third kappa shape index (κ3) is 5.56. The largest absolute Gasteiger partial charge is 0.396 e. The number of aryl methyl sites for hydroxylation is 1. The van der Waals surface area contributed by atoms with Gasteiger partial charge in [-0.15, -0.1) is 10.2 Å². The van der Waals surface area contributed by atoms with E-state index in [0.717, 1.165) is 12.2 Å². The average molecular weight is 283 g/mol. The van der Waals surface area contributed by atoms with Gasteiger partial charge in [-0.05, 0) is 11.8 Å². The maximum Gasteiger partial charge on any atom is 0.314 e. The molecule has 0 aliphatic rings. The smallest absolute Gasteiger partial charge is 0.314 e. The van der Waals surface area contributed by atoms with E-state index in [2.05, 4.69) is 20.8 Å². The molecule has 7 heteroatoms. The van der Waals surface area contributed by atoms with Gasteiger partial charge in [0, 0.05) is 32.7 Å². The zero-order valence-corrected chi connectivity index (χ0v) is 12.5. The van der Waals surface area contributed by atoms with Crippen LogP contribution in [0.2, 0.25) is 0 Å². The molecule has 1 rings (SSSR count). The number of urea groups is 1. The highest BCUT2D eigenvalue weighted by atomic mass is 16.3. The van der Waals surface area contributed by atoms with E-state index in [4.69, 9.17) is 5.11 Å². The summed E-state index contributed by atoms with van der Waals surface area (Å²) in [6.07, 6.45) is 3.15. The Morgan fingerprint density at radius 1 is 1.45 bits per heavy atom. The molecule has 0 fully saturated rings. The maximum absolute atomic E-state index is 11.7. The molecule has 7 nitrogen and oxygen atoms in total. The van der Waals surface area contributed by atoms with Crippen molar-refractivity contribution in [3.05, 3.63) is 12.2 Å². The van der Waals surface area contributed by atoms with Gasteiger partial charge >= 0.3 is 6.03 Å². The van der Waals surface area contributed by atoms with E-state index in [1.165, 1.54) is 0 Å². The monoisotopic (exact) mass is 283 g/mol. The van der Waals surface area contributed by atoms with Gasteiger partial charge in [-0.3, -0.25) is 0 Å². The van der Waals surface area contributed by atoms with Crippen LogP contribution in [-0.2, 0) is 13.0 Å². The summed E-state index contributed by atoms with van der Waals surface area (Å²) < 4.78 is 1.93. The van der Waals surface area contributed by atoms with Crippen molar-refractivity contribution in [1.82, 2.24) is 25.4 Å². The molecule has 3 N–H and O–H groups in total. The van der Waals surface area contributed by atoms with Crippen LogP contribution < -0.4 is 10.6 Å². The first-order chi connectivity index (χ1) is 9.48. The molecular formula is C13H25N5O2. The number of aliphatic hydroxyl groups is 1. The number of aromatic nitrogens is 3. The molecule has 0 unspecified atom stereocenters. The van der Waals surface area contributed by atoms with Crippen molar-refractivity contribution in [2.75, 3.05) is 19.7 Å². The first-order valence-electron chi connectivity index (χ1n) is 6.98. The topological polar surface area (TPSA) is 92.1 Å². The quantitative estimate of drug-likeness (QED) is 0.649. The third-order valence-electron chi connectivity index (χ3n) is 3.17. The first kappa shape index (κ1) is 16.4. The van der Waals surface area contributed by atoms with Crippen LogP contribution in [0.15, 0.2) is 6.33 Å². The molecule has 0 saturated heterocycles. The van der Waals surface area contributed by atoms with Crippen molar-refractivity contribution in [2.45, 2.75) is 40.2 Å². The minimum Gasteiger partial charge on any atom is -0.396 e. The second-order valence-corrected chi connectivity index (χ2v) is 5.54. The zero-order chi connectivity index (χ0) is 15.0. The van der Waals surface area contributed by atoms with Gasteiger partial charge in [0.15, 0.2) is 0 Å². The molecule has 1 aromatic heterocycles. The van der Waals surface area contributed by atoms with E-state index in [9.17, 15) is 4.79 Å². The van der Waals surface area contributed by atoms with Crippen LogP contribution in [-0.4, -0.2) is 45.6 Å². The van der Waals surface area contributed by atoms with Crippen LogP contribution >= 0.6 is 0 Å². The number of hydrogen-bond donors (Lipinski definition) is 3. The number of hydrogen-bond acceptors (Lipinski definition) is 4. The minimum absolute atomic E-state index is 0.101. The molecule has 0 bridgehead atoms. The van der Waals surface area contributed by atoms with Gasteiger partial charge < -0.3 is 20.3 Å². The number of amides is 2. The average Bonchev–Trinajstić information content (AvgIpc) is 2.84. The summed E-state index contributed by atoms with van der Waals surface area (Å²) in [5, 5.41) is 22.4. The van der Waals surface area contributed by atoms with Crippen LogP contribution in [0.4, 0.5) is 4.79 Å². The molecule has 1 aromatic rings. The summed E-state index contributed by atoms with van der Waals surface area (Å²) in [5.41, 5.74) is -0.101. The summed E-state index contributed by atoms with van der Waals surface area (Å²) in [4.78, 5) is 11.7. The summed E-state index contributed by atoms with van der Waals surface area (Å²) in [5.74, 6) is 0.913. The van der Waals surface area contributed by atoms with Gasteiger partial charge in [0.2, 0.25) is 0 Å². The van der Waals surface area contributed by atoms with Crippen molar-refractivity contribution in [2.24, 2.45) is 5.41 Å². The fraction of sp³-hybridized carbons (Fsp3) is 0.769. The number of carbonyl (C=O) groups excluding carboxylic acids is 1. The van der Waals surface area contributed by atoms with Crippen LogP contribution in [0.25, 0.3) is 0 Å². The van der Waals surface area contributed by atoms with Gasteiger partial charge in [0.05, 0.1) is 0 Å². The molecule has 0 aromatic carbocycles. The Balaban J connectivity index is 2.24. The van der Waals surface area contributed by atoms with Crippen LogP contribution in [0.5, 0.6) is 0 Å². The highest BCUT2D eigenvalue weighted by molar-refractivity contribution is 5.73. The van der Waals surface area contributed by atoms with Crippen molar-refractivity contribution < 1.29 is 9.90 Å². The standard InChI is InChI=1S/C13H25N5O2/c1-4-11-17-16-10-18(11)7-6-14-12(20)15-9-13(2,3)5-8-19/h10,19H,4-9H2,1-3H3,(H2,14,15,20). The maximum atomic E-state index is 11.7. The van der Waals surface area contributed by atoms with E-state index in [0.29, 0.717) is 26.1 Å². The molecule has 20 heavy (non-hydrogen) atoms. The summed E-state index contributed by atoms with van der Waals surface area (Å²) in [6.45, 7) is 7.88. The van der Waals surface area contributed by atoms with E-state index < -0.39 is 0 Å². The molecule has 0 radical (unpaired) electrons. The SMILES string of the molecule is CCc1nncn1CCNC(=O)NCC(C)(C)CCO. The predicted octanol–water partition coefficient (Wildman–Crippen LogP) is 0.548. The Kier molecular flexibility index (Phi) is 6.44. The number of carbonyl (C=O) groups is 1. The van der Waals surface area contributed by atoms with Gasteiger partial charge in [0.1, 0.15) is 12.2 Å². The molecule has 0 spiro atoms. The third-order valence-corrected chi connectivity index (χ3v) is 3.17. The summed E-state index contributed by atoms with van der Waals surface area (Å²) in [6, 6.07) is -0.192. The zero-order valence-electron chi connectivity index (χ0n) is 12.5. The van der Waals surface area contributed by atoms with E-state index in [1.54, 1.807) is 6.33 Å². The lowest BCUT2D eigenvalue weighted by atomic mass is 9.90. The molecular weight excluding hydrogens is 258 g/mol. The minimum atomic E-state index is -0.192. The van der Waals surface area contributed by atoms with Gasteiger partial charge in [-0.25, -0.2) is 4.79 Å². The van der Waals surface area contributed by atoms with Gasteiger partial charge in [-0.2, -0.15) is 0 Å². The second-order valence-electron chi connectivity index (χ2n) is 5.54. The van der Waals surface area contributed by atoms with Crippen molar-refractivity contribution in [1.29, 1.82) is 0 Å². The Labute approximate surface area is 119 Å². The molecule has 0 aliphatic carbocycles. The molecule has 2 amide bonds. The van der Waals surface area contributed by atoms with E-state index >= 15 is 0 Å². The Hall–Kier alpha value is -1.63. The molecule has 1 heterocycles. The summed E-state index contributed by atoms with van der Waals surface area (Å²) in [7, 11) is 0. The number of aliphatic hydroxyl groups excluding tert-OH is 1. The highest BCUT2D eigenvalue weighted by Crippen LogP contribution is 2.17. The fourth-order valence-corrected chi connectivity index (χ4v) is 1.80. The van der Waals surface area contributed by atoms with Crippen molar-refractivity contribution in [3.63, 3.8) is 0 Å². The lowest BCUT2D eigenvalue weighted by Gasteiger charge is -2.23. The Morgan fingerprint density at radius 2 is 2.20 bits per heavy atom. The summed E-state index contributed by atoms with van der Waals surface area (Å²) >= 11 is 0. The highest BCUT2D eigenvalue weighted by Gasteiger charge is 2.17. The van der Waals surface area contributed by atoms with E-state index in [-0.39, 0.29) is 18.1 Å². The molecule has 0 atom stereocenters. The van der Waals surface area contributed by atoms with Gasteiger partial charge in [-0.1, -0.05) is 20.8 Å². The number of nitrogens with zero attached hydrogens (tertiary/aromatic N) is 3. The Bertz CT molecular complexity index is 417. The van der Waals surface area contributed by atoms with Crippen molar-refractivity contribution in [3.8, 4) is 0 Å².